The first-order valence-electron chi connectivity index (χ1n) is 5.38. The molecule has 0 aromatic carbocycles. The van der Waals surface area contributed by atoms with Crippen LogP contribution in [0.15, 0.2) is 0 Å². The zero-order chi connectivity index (χ0) is 11.3. The van der Waals surface area contributed by atoms with Crippen molar-refractivity contribution in [1.29, 1.82) is 0 Å². The molecule has 2 aromatic rings. The van der Waals surface area contributed by atoms with Gasteiger partial charge in [-0.3, -0.25) is 0 Å². The number of nitrogens with two attached hydrogens (primary N) is 1. The maximum atomic E-state index is 6.11. The van der Waals surface area contributed by atoms with Crippen molar-refractivity contribution >= 4 is 50.1 Å². The normalized spacial score (nSPS) is 19.9. The van der Waals surface area contributed by atoms with Gasteiger partial charge in [-0.25, -0.2) is 4.98 Å². The third-order valence-corrected chi connectivity index (χ3v) is 5.36. The maximum absolute atomic E-state index is 6.11. The molecule has 16 heavy (non-hydrogen) atoms. The van der Waals surface area contributed by atoms with E-state index in [4.69, 9.17) is 18.0 Å². The quantitative estimate of drug-likeness (QED) is 0.731. The fraction of sp³-hybridized carbons (Fsp3) is 0.455. The number of anilines is 1. The van der Waals surface area contributed by atoms with Crippen LogP contribution in [-0.2, 0) is 6.42 Å². The molecule has 2 nitrogen and oxygen atoms in total. The third kappa shape index (κ3) is 1.49. The SMILES string of the molecule is C[C@H]1CCCc2sc3nc(=S)sc(N)c3c21. The van der Waals surface area contributed by atoms with Crippen LogP contribution < -0.4 is 5.73 Å². The Balaban J connectivity index is 2.42. The molecule has 0 bridgehead atoms. The number of nitrogens with zero attached hydrogens (tertiary/aromatic N) is 1. The molecule has 0 saturated carbocycles. The van der Waals surface area contributed by atoms with E-state index >= 15 is 0 Å². The van der Waals surface area contributed by atoms with Gasteiger partial charge < -0.3 is 5.73 Å². The molecule has 1 aliphatic carbocycles. The van der Waals surface area contributed by atoms with Crippen LogP contribution in [0.1, 0.15) is 36.1 Å². The summed E-state index contributed by atoms with van der Waals surface area (Å²) in [6.45, 7) is 2.29. The van der Waals surface area contributed by atoms with E-state index < -0.39 is 0 Å². The highest BCUT2D eigenvalue weighted by molar-refractivity contribution is 7.73. The molecule has 0 unspecified atom stereocenters. The number of aryl methyl sites for hydroxylation is 1. The molecule has 0 fully saturated rings. The minimum Gasteiger partial charge on any atom is -0.390 e. The zero-order valence-electron chi connectivity index (χ0n) is 8.95. The lowest BCUT2D eigenvalue weighted by Gasteiger charge is -2.18. The van der Waals surface area contributed by atoms with Gasteiger partial charge in [-0.1, -0.05) is 18.3 Å². The van der Waals surface area contributed by atoms with Gasteiger partial charge in [0.15, 0.2) is 3.95 Å². The Hall–Kier alpha value is -0.520. The smallest absolute Gasteiger partial charge is 0.183 e. The molecule has 0 aliphatic heterocycles. The van der Waals surface area contributed by atoms with Crippen molar-refractivity contribution in [2.45, 2.75) is 32.1 Å². The van der Waals surface area contributed by atoms with E-state index in [0.717, 1.165) is 9.83 Å². The van der Waals surface area contributed by atoms with Crippen LogP contribution in [-0.4, -0.2) is 4.98 Å². The van der Waals surface area contributed by atoms with E-state index in [2.05, 4.69) is 11.9 Å². The van der Waals surface area contributed by atoms with Crippen molar-refractivity contribution < 1.29 is 0 Å². The Morgan fingerprint density at radius 2 is 2.25 bits per heavy atom. The molecular weight excluding hydrogens is 256 g/mol. The summed E-state index contributed by atoms with van der Waals surface area (Å²) < 4.78 is 0.649. The summed E-state index contributed by atoms with van der Waals surface area (Å²) >= 11 is 8.34. The van der Waals surface area contributed by atoms with Crippen LogP contribution in [0.4, 0.5) is 5.00 Å². The Morgan fingerprint density at radius 3 is 3.06 bits per heavy atom. The Bertz CT molecular complexity index is 611. The predicted octanol–water partition coefficient (Wildman–Crippen LogP) is 4.11. The summed E-state index contributed by atoms with van der Waals surface area (Å²) in [5.74, 6) is 0.616. The molecule has 5 heteroatoms. The van der Waals surface area contributed by atoms with Crippen molar-refractivity contribution in [3.8, 4) is 0 Å². The maximum Gasteiger partial charge on any atom is 0.183 e. The number of rotatable bonds is 0. The lowest BCUT2D eigenvalue weighted by atomic mass is 9.88. The van der Waals surface area contributed by atoms with E-state index in [1.54, 1.807) is 11.3 Å². The highest BCUT2D eigenvalue weighted by Crippen LogP contribution is 2.44. The van der Waals surface area contributed by atoms with Crippen LogP contribution in [0, 0.1) is 3.95 Å². The molecule has 2 N–H and O–H groups in total. The Morgan fingerprint density at radius 1 is 1.44 bits per heavy atom. The van der Waals surface area contributed by atoms with Gasteiger partial charge >= 0.3 is 0 Å². The van der Waals surface area contributed by atoms with Gasteiger partial charge in [0, 0.05) is 10.3 Å². The minimum absolute atomic E-state index is 0.616. The van der Waals surface area contributed by atoms with Gasteiger partial charge in [0.25, 0.3) is 0 Å². The van der Waals surface area contributed by atoms with Gasteiger partial charge in [0.2, 0.25) is 0 Å². The first kappa shape index (κ1) is 10.6. The summed E-state index contributed by atoms with van der Waals surface area (Å²) in [6.07, 6.45) is 3.72. The highest BCUT2D eigenvalue weighted by atomic mass is 32.1. The average Bonchev–Trinajstić information content (AvgIpc) is 2.56. The second-order valence-corrected chi connectivity index (χ2v) is 7.02. The first-order valence-corrected chi connectivity index (χ1v) is 7.43. The van der Waals surface area contributed by atoms with Crippen molar-refractivity contribution in [3.63, 3.8) is 0 Å². The van der Waals surface area contributed by atoms with E-state index in [-0.39, 0.29) is 0 Å². The van der Waals surface area contributed by atoms with Crippen molar-refractivity contribution in [3.05, 3.63) is 14.4 Å². The summed E-state index contributed by atoms with van der Waals surface area (Å²) in [6, 6.07) is 0. The van der Waals surface area contributed by atoms with Crippen molar-refractivity contribution in [2.24, 2.45) is 0 Å². The molecule has 0 radical (unpaired) electrons. The molecule has 84 valence electrons. The summed E-state index contributed by atoms with van der Waals surface area (Å²) in [5, 5.41) is 2.03. The molecule has 0 amide bonds. The second-order valence-electron chi connectivity index (χ2n) is 4.26. The van der Waals surface area contributed by atoms with E-state index in [1.165, 1.54) is 46.4 Å². The fourth-order valence-electron chi connectivity index (χ4n) is 2.47. The van der Waals surface area contributed by atoms with Crippen molar-refractivity contribution in [1.82, 2.24) is 4.98 Å². The van der Waals surface area contributed by atoms with Crippen LogP contribution in [0.2, 0.25) is 0 Å². The molecular formula is C11H12N2S3. The number of fused-ring (bicyclic) bond motifs is 3. The predicted molar refractivity (Wildman–Crippen MR) is 74.1 cm³/mol. The van der Waals surface area contributed by atoms with Gasteiger partial charge in [-0.15, -0.1) is 11.3 Å². The van der Waals surface area contributed by atoms with E-state index in [1.807, 2.05) is 0 Å². The topological polar surface area (TPSA) is 38.9 Å². The Kier molecular flexibility index (Phi) is 2.49. The molecule has 1 atom stereocenters. The number of hydrogen-bond donors (Lipinski definition) is 1. The van der Waals surface area contributed by atoms with Crippen LogP contribution in [0.5, 0.6) is 0 Å². The molecule has 2 aromatic heterocycles. The molecule has 0 spiro atoms. The molecule has 0 saturated heterocycles. The summed E-state index contributed by atoms with van der Waals surface area (Å²) in [7, 11) is 0. The second kappa shape index (κ2) is 3.75. The van der Waals surface area contributed by atoms with Gasteiger partial charge in [0.05, 0.1) is 5.00 Å². The number of aromatic nitrogens is 1. The summed E-state index contributed by atoms with van der Waals surface area (Å²) in [5.41, 5.74) is 7.55. The van der Waals surface area contributed by atoms with Crippen molar-refractivity contribution in [2.75, 3.05) is 5.73 Å². The molecule has 3 rings (SSSR count). The lowest BCUT2D eigenvalue weighted by molar-refractivity contribution is 0.602. The minimum atomic E-state index is 0.616. The van der Waals surface area contributed by atoms with Crippen LogP contribution in [0.3, 0.4) is 0 Å². The number of nitrogen functional groups attached to an aromatic ring is 1. The van der Waals surface area contributed by atoms with Gasteiger partial charge in [0.1, 0.15) is 4.83 Å². The van der Waals surface area contributed by atoms with E-state index in [9.17, 15) is 0 Å². The molecule has 2 heterocycles. The van der Waals surface area contributed by atoms with Crippen LogP contribution in [0.25, 0.3) is 10.2 Å². The standard InChI is InChI=1S/C11H12N2S3/c1-5-3-2-4-6-7(5)8-9(12)16-11(14)13-10(8)15-6/h5H,2-4,12H2,1H3/t5-/m0/s1. The fourth-order valence-corrected chi connectivity index (χ4v) is 4.99. The molecule has 1 aliphatic rings. The van der Waals surface area contributed by atoms with Gasteiger partial charge in [-0.2, -0.15) is 0 Å². The first-order chi connectivity index (χ1) is 7.66. The average molecular weight is 268 g/mol. The highest BCUT2D eigenvalue weighted by Gasteiger charge is 2.23. The third-order valence-electron chi connectivity index (χ3n) is 3.17. The number of hydrogen-bond acceptors (Lipinski definition) is 5. The van der Waals surface area contributed by atoms with E-state index in [0.29, 0.717) is 9.87 Å². The number of thiophene rings is 1. The Labute approximate surface area is 107 Å². The monoisotopic (exact) mass is 268 g/mol. The summed E-state index contributed by atoms with van der Waals surface area (Å²) in [4.78, 5) is 6.96. The zero-order valence-corrected chi connectivity index (χ0v) is 11.4. The van der Waals surface area contributed by atoms with Crippen LogP contribution >= 0.6 is 34.9 Å². The lowest BCUT2D eigenvalue weighted by Crippen LogP contribution is -2.04. The largest absolute Gasteiger partial charge is 0.390 e. The van der Waals surface area contributed by atoms with Gasteiger partial charge in [-0.05, 0) is 43.0 Å².